The maximum Gasteiger partial charge on any atom is 0.0807 e. The molecule has 1 unspecified atom stereocenters. The van der Waals surface area contributed by atoms with E-state index in [0.29, 0.717) is 0 Å². The predicted molar refractivity (Wildman–Crippen MR) is 46.9 cm³/mol. The predicted octanol–water partition coefficient (Wildman–Crippen LogP) is 1.76. The van der Waals surface area contributed by atoms with Crippen molar-refractivity contribution in [3.63, 3.8) is 0 Å². The molecule has 0 radical (unpaired) electrons. The molecule has 1 aromatic heterocycles. The van der Waals surface area contributed by atoms with Gasteiger partial charge in [-0.25, -0.2) is 0 Å². The Labute approximate surface area is 72.3 Å². The van der Waals surface area contributed by atoms with Crippen molar-refractivity contribution in [2.75, 3.05) is 0 Å². The fourth-order valence-electron chi connectivity index (χ4n) is 1.74. The number of hydrogen-bond donors (Lipinski definition) is 1. The zero-order valence-electron chi connectivity index (χ0n) is 7.25. The van der Waals surface area contributed by atoms with Gasteiger partial charge in [0.15, 0.2) is 0 Å². The Morgan fingerprint density at radius 3 is 3.17 bits per heavy atom. The smallest absolute Gasteiger partial charge is 0.0807 e. The second kappa shape index (κ2) is 2.87. The number of nitrogens with zero attached hydrogens (tertiary/aromatic N) is 1. The first-order valence-corrected chi connectivity index (χ1v) is 4.42. The molecule has 2 nitrogen and oxygen atoms in total. The fourth-order valence-corrected chi connectivity index (χ4v) is 1.74. The largest absolute Gasteiger partial charge is 0.388 e. The van der Waals surface area contributed by atoms with Gasteiger partial charge in [-0.05, 0) is 32.3 Å². The lowest BCUT2D eigenvalue weighted by molar-refractivity contribution is 0.155. The van der Waals surface area contributed by atoms with Gasteiger partial charge in [0, 0.05) is 17.0 Å². The third-order valence-corrected chi connectivity index (χ3v) is 2.40. The lowest BCUT2D eigenvalue weighted by atomic mass is 9.93. The van der Waals surface area contributed by atoms with Gasteiger partial charge in [0.25, 0.3) is 0 Å². The van der Waals surface area contributed by atoms with E-state index < -0.39 is 0 Å². The summed E-state index contributed by atoms with van der Waals surface area (Å²) in [6, 6.07) is 3.97. The molecule has 2 rings (SSSR count). The first-order valence-electron chi connectivity index (χ1n) is 4.42. The van der Waals surface area contributed by atoms with E-state index in [1.165, 1.54) is 0 Å². The molecule has 1 aliphatic rings. The number of aryl methyl sites for hydroxylation is 2. The minimum absolute atomic E-state index is 0.276. The summed E-state index contributed by atoms with van der Waals surface area (Å²) in [6.07, 6.45) is 2.69. The molecule has 1 N–H and O–H groups in total. The molecule has 1 aromatic rings. The van der Waals surface area contributed by atoms with Crippen molar-refractivity contribution >= 4 is 0 Å². The molecule has 0 saturated carbocycles. The van der Waals surface area contributed by atoms with Crippen molar-refractivity contribution < 1.29 is 5.11 Å². The van der Waals surface area contributed by atoms with E-state index in [9.17, 15) is 5.11 Å². The van der Waals surface area contributed by atoms with Crippen LogP contribution in [-0.2, 0) is 6.42 Å². The first-order chi connectivity index (χ1) is 5.77. The standard InChI is InChI=1S/C10H13NO/c1-7-5-6-8-9(11-7)3-2-4-10(8)12/h5-6,10,12H,2-4H2,1H3. The Kier molecular flexibility index (Phi) is 1.85. The van der Waals surface area contributed by atoms with Gasteiger partial charge in [-0.15, -0.1) is 0 Å². The number of fused-ring (bicyclic) bond motifs is 1. The Morgan fingerprint density at radius 2 is 2.33 bits per heavy atom. The van der Waals surface area contributed by atoms with E-state index in [4.69, 9.17) is 0 Å². The minimum atomic E-state index is -0.276. The number of aromatic nitrogens is 1. The number of hydrogen-bond acceptors (Lipinski definition) is 2. The summed E-state index contributed by atoms with van der Waals surface area (Å²) in [5.41, 5.74) is 3.17. The molecule has 0 fully saturated rings. The van der Waals surface area contributed by atoms with Gasteiger partial charge < -0.3 is 5.11 Å². The lowest BCUT2D eigenvalue weighted by Crippen LogP contribution is -2.11. The molecule has 64 valence electrons. The van der Waals surface area contributed by atoms with Crippen molar-refractivity contribution in [2.45, 2.75) is 32.3 Å². The maximum absolute atomic E-state index is 9.61. The molecule has 0 bridgehead atoms. The third kappa shape index (κ3) is 1.23. The van der Waals surface area contributed by atoms with Crippen molar-refractivity contribution in [3.8, 4) is 0 Å². The highest BCUT2D eigenvalue weighted by atomic mass is 16.3. The Morgan fingerprint density at radius 1 is 1.50 bits per heavy atom. The van der Waals surface area contributed by atoms with Gasteiger partial charge in [-0.2, -0.15) is 0 Å². The molecule has 1 heterocycles. The van der Waals surface area contributed by atoms with E-state index in [-0.39, 0.29) is 6.10 Å². The van der Waals surface area contributed by atoms with Crippen molar-refractivity contribution in [2.24, 2.45) is 0 Å². The summed E-state index contributed by atoms with van der Waals surface area (Å²) in [5.74, 6) is 0. The van der Waals surface area contributed by atoms with Crippen LogP contribution in [0.5, 0.6) is 0 Å². The molecule has 0 saturated heterocycles. The molecule has 12 heavy (non-hydrogen) atoms. The molecule has 0 amide bonds. The van der Waals surface area contributed by atoms with Gasteiger partial charge in [0.2, 0.25) is 0 Å². The Hall–Kier alpha value is -0.890. The van der Waals surface area contributed by atoms with Crippen molar-refractivity contribution in [1.29, 1.82) is 0 Å². The highest BCUT2D eigenvalue weighted by molar-refractivity contribution is 5.26. The molecule has 1 atom stereocenters. The van der Waals surface area contributed by atoms with Gasteiger partial charge in [-0.3, -0.25) is 4.98 Å². The van der Waals surface area contributed by atoms with Gasteiger partial charge in [0.1, 0.15) is 0 Å². The summed E-state index contributed by atoms with van der Waals surface area (Å²) < 4.78 is 0. The minimum Gasteiger partial charge on any atom is -0.388 e. The van der Waals surface area contributed by atoms with Crippen LogP contribution in [-0.4, -0.2) is 10.1 Å². The number of rotatable bonds is 0. The van der Waals surface area contributed by atoms with Crippen molar-refractivity contribution in [1.82, 2.24) is 4.98 Å². The number of aliphatic hydroxyl groups excluding tert-OH is 1. The molecule has 2 heteroatoms. The molecule has 0 spiro atoms. The lowest BCUT2D eigenvalue weighted by Gasteiger charge is -2.20. The summed E-state index contributed by atoms with van der Waals surface area (Å²) in [5, 5.41) is 9.61. The fraction of sp³-hybridized carbons (Fsp3) is 0.500. The molecule has 0 aromatic carbocycles. The Bertz CT molecular complexity index is 296. The van der Waals surface area contributed by atoms with E-state index in [2.05, 4.69) is 4.98 Å². The van der Waals surface area contributed by atoms with Gasteiger partial charge in [-0.1, -0.05) is 6.07 Å². The molecule has 0 aliphatic heterocycles. The quantitative estimate of drug-likeness (QED) is 0.632. The van der Waals surface area contributed by atoms with Crippen LogP contribution in [0.2, 0.25) is 0 Å². The van der Waals surface area contributed by atoms with Crippen LogP contribution in [0.1, 0.15) is 35.9 Å². The summed E-state index contributed by atoms with van der Waals surface area (Å²) in [7, 11) is 0. The summed E-state index contributed by atoms with van der Waals surface area (Å²) in [4.78, 5) is 4.40. The summed E-state index contributed by atoms with van der Waals surface area (Å²) >= 11 is 0. The normalized spacial score (nSPS) is 22.0. The topological polar surface area (TPSA) is 33.1 Å². The second-order valence-electron chi connectivity index (χ2n) is 3.40. The monoisotopic (exact) mass is 163 g/mol. The molecule has 1 aliphatic carbocycles. The van der Waals surface area contributed by atoms with Crippen LogP contribution in [0, 0.1) is 6.92 Å². The first kappa shape index (κ1) is 7.74. The number of pyridine rings is 1. The Balaban J connectivity index is 2.46. The van der Waals surface area contributed by atoms with Crippen LogP contribution in [0.15, 0.2) is 12.1 Å². The van der Waals surface area contributed by atoms with Gasteiger partial charge >= 0.3 is 0 Å². The van der Waals surface area contributed by atoms with Crippen molar-refractivity contribution in [3.05, 3.63) is 29.1 Å². The summed E-state index contributed by atoms with van der Waals surface area (Å²) in [6.45, 7) is 1.99. The van der Waals surface area contributed by atoms with Gasteiger partial charge in [0.05, 0.1) is 6.10 Å². The molecular formula is C10H13NO. The highest BCUT2D eigenvalue weighted by Crippen LogP contribution is 2.27. The zero-order chi connectivity index (χ0) is 8.55. The van der Waals surface area contributed by atoms with Crippen LogP contribution < -0.4 is 0 Å². The SMILES string of the molecule is Cc1ccc2c(n1)CCCC2O. The van der Waals surface area contributed by atoms with E-state index in [0.717, 1.165) is 36.2 Å². The number of aliphatic hydroxyl groups is 1. The average molecular weight is 163 g/mol. The third-order valence-electron chi connectivity index (χ3n) is 2.40. The second-order valence-corrected chi connectivity index (χ2v) is 3.40. The zero-order valence-corrected chi connectivity index (χ0v) is 7.25. The van der Waals surface area contributed by atoms with Crippen LogP contribution in [0.4, 0.5) is 0 Å². The maximum atomic E-state index is 9.61. The van der Waals surface area contributed by atoms with E-state index >= 15 is 0 Å². The average Bonchev–Trinajstić information content (AvgIpc) is 2.04. The highest BCUT2D eigenvalue weighted by Gasteiger charge is 2.18. The van der Waals surface area contributed by atoms with Crippen LogP contribution >= 0.6 is 0 Å². The van der Waals surface area contributed by atoms with Crippen LogP contribution in [0.25, 0.3) is 0 Å². The molecular weight excluding hydrogens is 150 g/mol. The van der Waals surface area contributed by atoms with Crippen LogP contribution in [0.3, 0.4) is 0 Å². The van der Waals surface area contributed by atoms with E-state index in [1.807, 2.05) is 19.1 Å². The van der Waals surface area contributed by atoms with E-state index in [1.54, 1.807) is 0 Å².